The highest BCUT2D eigenvalue weighted by Gasteiger charge is 2.49. The average Bonchev–Trinajstić information content (AvgIpc) is 3.04. The molecule has 9 nitrogen and oxygen atoms in total. The van der Waals surface area contributed by atoms with E-state index in [9.17, 15) is 31.6 Å². The summed E-state index contributed by atoms with van der Waals surface area (Å²) in [6.45, 7) is 4.70. The maximum atomic E-state index is 14.8. The van der Waals surface area contributed by atoms with E-state index in [0.29, 0.717) is 46.5 Å². The molecule has 3 aromatic carbocycles. The molecule has 13 heteroatoms. The van der Waals surface area contributed by atoms with Crippen LogP contribution in [0.2, 0.25) is 5.02 Å². The van der Waals surface area contributed by atoms with Crippen LogP contribution in [0, 0.1) is 0 Å². The van der Waals surface area contributed by atoms with Crippen molar-refractivity contribution < 1.29 is 36.3 Å². The van der Waals surface area contributed by atoms with Gasteiger partial charge in [0.15, 0.2) is 0 Å². The summed E-state index contributed by atoms with van der Waals surface area (Å²) in [6, 6.07) is 17.3. The van der Waals surface area contributed by atoms with E-state index in [4.69, 9.17) is 16.3 Å². The van der Waals surface area contributed by atoms with E-state index in [2.05, 4.69) is 10.0 Å². The summed E-state index contributed by atoms with van der Waals surface area (Å²) < 4.78 is 62.0. The lowest BCUT2D eigenvalue weighted by Crippen LogP contribution is -2.59. The van der Waals surface area contributed by atoms with Crippen LogP contribution >= 0.6 is 11.6 Å². The zero-order valence-electron chi connectivity index (χ0n) is 28.4. The molecule has 5 rings (SSSR count). The van der Waals surface area contributed by atoms with Gasteiger partial charge in [-0.1, -0.05) is 79.0 Å². The maximum Gasteiger partial charge on any atom is 0.382 e. The topological polar surface area (TPSA) is 122 Å². The lowest BCUT2D eigenvalue weighted by atomic mass is 9.76. The van der Waals surface area contributed by atoms with Crippen molar-refractivity contribution in [3.8, 4) is 0 Å². The molecule has 0 unspecified atom stereocenters. The number of hydrogen-bond acceptors (Lipinski definition) is 6. The molecule has 268 valence electrons. The summed E-state index contributed by atoms with van der Waals surface area (Å²) in [5.74, 6) is -6.97. The molecule has 0 bridgehead atoms. The molecule has 0 aromatic heterocycles. The zero-order chi connectivity index (χ0) is 36.4. The quantitative estimate of drug-likeness (QED) is 0.237. The molecule has 1 saturated carbocycles. The zero-order valence-corrected chi connectivity index (χ0v) is 30.0. The Morgan fingerprint density at radius 1 is 0.960 bits per heavy atom. The van der Waals surface area contributed by atoms with Gasteiger partial charge in [0.2, 0.25) is 15.9 Å². The van der Waals surface area contributed by atoms with Gasteiger partial charge in [0.05, 0.1) is 18.2 Å². The van der Waals surface area contributed by atoms with Crippen molar-refractivity contribution in [1.82, 2.24) is 14.9 Å². The van der Waals surface area contributed by atoms with Crippen LogP contribution in [0.5, 0.6) is 0 Å². The lowest BCUT2D eigenvalue weighted by molar-refractivity contribution is -0.185. The standard InChI is InChI=1S/C37H42ClF2N3O6S/c1-36(2,3)49-35(46)37(39,40)25-17-13-23(14-18-25)21-22-41-33(44)31-27-9-5-6-10-28(27)34(45)43(32(31)24-15-19-26(38)20-16-24)30-12-8-7-11-29(30)42-50(4,47)48/h5-6,9-10,13-20,29-32,42H,7-8,11-12,21-22H2,1-4H3,(H,41,44)/t29-,30-,31+,32-/m0/s1. The van der Waals surface area contributed by atoms with Crippen molar-refractivity contribution in [3.63, 3.8) is 0 Å². The minimum atomic E-state index is -3.83. The monoisotopic (exact) mass is 729 g/mol. The van der Waals surface area contributed by atoms with Crippen molar-refractivity contribution in [2.75, 3.05) is 12.8 Å². The van der Waals surface area contributed by atoms with Crippen molar-refractivity contribution >= 4 is 39.4 Å². The highest BCUT2D eigenvalue weighted by atomic mass is 35.5. The molecule has 1 fully saturated rings. The molecule has 2 aliphatic rings. The summed E-state index contributed by atoms with van der Waals surface area (Å²) >= 11 is 6.24. The van der Waals surface area contributed by atoms with Gasteiger partial charge in [-0.2, -0.15) is 8.78 Å². The third-order valence-corrected chi connectivity index (χ3v) is 9.99. The van der Waals surface area contributed by atoms with Gasteiger partial charge in [-0.25, -0.2) is 17.9 Å². The number of alkyl halides is 2. The van der Waals surface area contributed by atoms with Crippen LogP contribution in [0.25, 0.3) is 0 Å². The number of nitrogens with one attached hydrogen (secondary N) is 2. The van der Waals surface area contributed by atoms with E-state index >= 15 is 0 Å². The van der Waals surface area contributed by atoms with Crippen molar-refractivity contribution in [3.05, 3.63) is 106 Å². The Kier molecular flexibility index (Phi) is 11.0. The molecule has 4 atom stereocenters. The number of rotatable bonds is 10. The van der Waals surface area contributed by atoms with Crippen LogP contribution in [0.1, 0.15) is 91.0 Å². The van der Waals surface area contributed by atoms with Crippen molar-refractivity contribution in [2.45, 2.75) is 88.4 Å². The van der Waals surface area contributed by atoms with E-state index in [1.165, 1.54) is 45.0 Å². The van der Waals surface area contributed by atoms with Crippen LogP contribution < -0.4 is 10.0 Å². The Hall–Kier alpha value is -3.87. The molecule has 50 heavy (non-hydrogen) atoms. The summed E-state index contributed by atoms with van der Waals surface area (Å²) in [5, 5.41) is 3.47. The summed E-state index contributed by atoms with van der Waals surface area (Å²) in [4.78, 5) is 42.5. The van der Waals surface area contributed by atoms with Gasteiger partial charge in [0.1, 0.15) is 5.60 Å². The van der Waals surface area contributed by atoms with Crippen molar-refractivity contribution in [2.24, 2.45) is 0 Å². The molecule has 0 radical (unpaired) electrons. The third kappa shape index (κ3) is 8.52. The first-order valence-corrected chi connectivity index (χ1v) is 18.9. The van der Waals surface area contributed by atoms with Gasteiger partial charge < -0.3 is 15.0 Å². The Morgan fingerprint density at radius 2 is 1.60 bits per heavy atom. The van der Waals surface area contributed by atoms with Gasteiger partial charge in [0.25, 0.3) is 5.91 Å². The number of hydrogen-bond donors (Lipinski definition) is 2. The number of nitrogens with zero attached hydrogens (tertiary/aromatic N) is 1. The SMILES string of the molecule is CC(C)(C)OC(=O)C(F)(F)c1ccc(CCNC(=O)[C@@H]2c3ccccc3C(=O)N([C@H]3CCCC[C@@H]3NS(C)(=O)=O)[C@H]2c2ccc(Cl)cc2)cc1. The molecule has 1 heterocycles. The van der Waals surface area contributed by atoms with Crippen LogP contribution in [-0.4, -0.2) is 61.6 Å². The first-order valence-electron chi connectivity index (χ1n) is 16.6. The number of ether oxygens (including phenoxy) is 1. The predicted octanol–water partition coefficient (Wildman–Crippen LogP) is 6.27. The first kappa shape index (κ1) is 37.4. The number of fused-ring (bicyclic) bond motifs is 1. The smallest absolute Gasteiger partial charge is 0.382 e. The third-order valence-electron chi connectivity index (χ3n) is 9.01. The number of halogens is 3. The lowest BCUT2D eigenvalue weighted by Gasteiger charge is -2.49. The van der Waals surface area contributed by atoms with Gasteiger partial charge in [0, 0.05) is 34.8 Å². The normalized spacial score (nSPS) is 21.3. The summed E-state index contributed by atoms with van der Waals surface area (Å²) in [5.41, 5.74) is 0.662. The highest BCUT2D eigenvalue weighted by molar-refractivity contribution is 7.88. The van der Waals surface area contributed by atoms with E-state index in [-0.39, 0.29) is 18.4 Å². The molecular weight excluding hydrogens is 688 g/mol. The second-order valence-electron chi connectivity index (χ2n) is 13.9. The number of sulfonamides is 1. The number of amides is 2. The van der Waals surface area contributed by atoms with Crippen LogP contribution in [0.4, 0.5) is 8.78 Å². The Bertz CT molecular complexity index is 1830. The van der Waals surface area contributed by atoms with E-state index in [1.807, 2.05) is 0 Å². The number of carbonyl (C=O) groups is 3. The summed E-state index contributed by atoms with van der Waals surface area (Å²) in [7, 11) is -3.60. The predicted molar refractivity (Wildman–Crippen MR) is 186 cm³/mol. The fraction of sp³-hybridized carbons (Fsp3) is 0.432. The Morgan fingerprint density at radius 3 is 2.24 bits per heavy atom. The maximum absolute atomic E-state index is 14.8. The Balaban J connectivity index is 1.42. The molecule has 2 N–H and O–H groups in total. The van der Waals surface area contributed by atoms with Gasteiger partial charge in [-0.3, -0.25) is 9.59 Å². The highest BCUT2D eigenvalue weighted by Crippen LogP contribution is 2.46. The van der Waals surface area contributed by atoms with Crippen LogP contribution in [-0.2, 0) is 36.7 Å². The van der Waals surface area contributed by atoms with Gasteiger partial charge >= 0.3 is 11.9 Å². The fourth-order valence-electron chi connectivity index (χ4n) is 6.85. The van der Waals surface area contributed by atoms with E-state index in [1.54, 1.807) is 53.4 Å². The largest absolute Gasteiger partial charge is 0.455 e. The second-order valence-corrected chi connectivity index (χ2v) is 16.2. The van der Waals surface area contributed by atoms with E-state index in [0.717, 1.165) is 19.1 Å². The summed E-state index contributed by atoms with van der Waals surface area (Å²) in [6.07, 6.45) is 4.05. The van der Waals surface area contributed by atoms with Gasteiger partial charge in [-0.15, -0.1) is 0 Å². The minimum Gasteiger partial charge on any atom is -0.455 e. The minimum absolute atomic E-state index is 0.155. The number of benzene rings is 3. The van der Waals surface area contributed by atoms with E-state index < -0.39 is 57.1 Å². The molecule has 3 aromatic rings. The first-order chi connectivity index (χ1) is 23.5. The van der Waals surface area contributed by atoms with Gasteiger partial charge in [-0.05, 0) is 74.9 Å². The second kappa shape index (κ2) is 14.8. The average molecular weight is 730 g/mol. The molecule has 1 aliphatic carbocycles. The molecular formula is C37H42ClF2N3O6S. The molecule has 0 spiro atoms. The van der Waals surface area contributed by atoms with Crippen molar-refractivity contribution in [1.29, 1.82) is 0 Å². The fourth-order valence-corrected chi connectivity index (χ4v) is 7.80. The Labute approximate surface area is 296 Å². The number of esters is 1. The molecule has 2 amide bonds. The van der Waals surface area contributed by atoms with Crippen LogP contribution in [0.15, 0.2) is 72.8 Å². The molecule has 0 saturated heterocycles. The number of carbonyl (C=O) groups excluding carboxylic acids is 3. The molecule has 1 aliphatic heterocycles. The van der Waals surface area contributed by atoms with Crippen LogP contribution in [0.3, 0.4) is 0 Å².